The molecule has 0 unspecified atom stereocenters. The third-order valence-electron chi connectivity index (χ3n) is 2.29. The summed E-state index contributed by atoms with van der Waals surface area (Å²) in [5, 5.41) is 2.96. The van der Waals surface area contributed by atoms with Crippen LogP contribution in [0.1, 0.15) is 0 Å². The van der Waals surface area contributed by atoms with Gasteiger partial charge in [-0.25, -0.2) is 4.98 Å². The summed E-state index contributed by atoms with van der Waals surface area (Å²) in [4.78, 5) is 7.54. The van der Waals surface area contributed by atoms with Crippen LogP contribution in [0.5, 0.6) is 0 Å². The van der Waals surface area contributed by atoms with E-state index in [0.29, 0.717) is 0 Å². The first kappa shape index (κ1) is 7.83. The van der Waals surface area contributed by atoms with E-state index in [1.54, 1.807) is 0 Å². The van der Waals surface area contributed by atoms with E-state index < -0.39 is 0 Å². The molecule has 0 bridgehead atoms. The van der Waals surface area contributed by atoms with E-state index in [9.17, 15) is 0 Å². The number of rotatable bonds is 0. The van der Waals surface area contributed by atoms with Gasteiger partial charge in [-0.1, -0.05) is 17.7 Å². The number of fused-ring (bicyclic) bond motifs is 2. The maximum atomic E-state index is 5.89. The first-order valence-electron chi connectivity index (χ1n) is 4.36. The van der Waals surface area contributed by atoms with E-state index >= 15 is 0 Å². The first-order chi connectivity index (χ1) is 6.83. The molecule has 2 aromatic heterocycles. The molecule has 3 heteroatoms. The summed E-state index contributed by atoms with van der Waals surface area (Å²) >= 11 is 5.89. The Morgan fingerprint density at radius 2 is 2.00 bits per heavy atom. The smallest absolute Gasteiger partial charge is 0.137 e. The molecule has 14 heavy (non-hydrogen) atoms. The molecule has 0 spiro atoms. The predicted molar refractivity (Wildman–Crippen MR) is 58.6 cm³/mol. The monoisotopic (exact) mass is 202 g/mol. The Balaban J connectivity index is 2.50. The minimum absolute atomic E-state index is 0.718. The van der Waals surface area contributed by atoms with E-state index in [2.05, 4.69) is 16.0 Å². The quantitative estimate of drug-likeness (QED) is 0.595. The van der Waals surface area contributed by atoms with Gasteiger partial charge in [-0.3, -0.25) is 0 Å². The Morgan fingerprint density at radius 3 is 2.93 bits per heavy atom. The number of H-pyrrole nitrogens is 1. The molecule has 0 atom stereocenters. The largest absolute Gasteiger partial charge is 0.346 e. The number of pyridine rings is 1. The van der Waals surface area contributed by atoms with Crippen LogP contribution in [-0.4, -0.2) is 9.97 Å². The lowest BCUT2D eigenvalue weighted by molar-refractivity contribution is 1.37. The van der Waals surface area contributed by atoms with Gasteiger partial charge in [-0.2, -0.15) is 0 Å². The fraction of sp³-hybridized carbons (Fsp3) is 0. The number of nitrogens with one attached hydrogen (secondary N) is 1. The molecule has 2 nitrogen and oxygen atoms in total. The van der Waals surface area contributed by atoms with Crippen molar-refractivity contribution < 1.29 is 0 Å². The number of aromatic nitrogens is 2. The van der Waals surface area contributed by atoms with Gasteiger partial charge in [0.15, 0.2) is 0 Å². The molecule has 0 amide bonds. The van der Waals surface area contributed by atoms with E-state index in [0.717, 1.165) is 27.0 Å². The van der Waals surface area contributed by atoms with Crippen molar-refractivity contribution in [2.24, 2.45) is 0 Å². The molecule has 1 aromatic carbocycles. The second-order valence-corrected chi connectivity index (χ2v) is 3.68. The van der Waals surface area contributed by atoms with Crippen molar-refractivity contribution in [2.75, 3.05) is 0 Å². The van der Waals surface area contributed by atoms with Gasteiger partial charge < -0.3 is 4.98 Å². The van der Waals surface area contributed by atoms with Crippen molar-refractivity contribution in [1.82, 2.24) is 9.97 Å². The van der Waals surface area contributed by atoms with Crippen LogP contribution in [-0.2, 0) is 0 Å². The number of nitrogens with zero attached hydrogens (tertiary/aromatic N) is 1. The molecule has 0 radical (unpaired) electrons. The van der Waals surface area contributed by atoms with Crippen LogP contribution in [0, 0.1) is 0 Å². The van der Waals surface area contributed by atoms with Crippen LogP contribution in [0.25, 0.3) is 21.9 Å². The normalized spacial score (nSPS) is 11.2. The second-order valence-electron chi connectivity index (χ2n) is 3.24. The zero-order valence-corrected chi connectivity index (χ0v) is 8.05. The number of aromatic amines is 1. The Hall–Kier alpha value is -1.54. The molecular formula is C11H7ClN2. The summed E-state index contributed by atoms with van der Waals surface area (Å²) in [5.41, 5.74) is 1.83. The molecule has 0 fully saturated rings. The van der Waals surface area contributed by atoms with Crippen LogP contribution in [0.4, 0.5) is 0 Å². The van der Waals surface area contributed by atoms with Crippen molar-refractivity contribution >= 4 is 33.5 Å². The molecule has 0 aliphatic heterocycles. The highest BCUT2D eigenvalue weighted by molar-refractivity contribution is 6.31. The Bertz CT molecular complexity index is 613. The Kier molecular flexibility index (Phi) is 1.52. The zero-order valence-electron chi connectivity index (χ0n) is 7.29. The van der Waals surface area contributed by atoms with Crippen molar-refractivity contribution in [3.8, 4) is 0 Å². The van der Waals surface area contributed by atoms with Crippen molar-refractivity contribution in [2.45, 2.75) is 0 Å². The fourth-order valence-corrected chi connectivity index (χ4v) is 1.78. The van der Waals surface area contributed by atoms with Crippen LogP contribution in [0.3, 0.4) is 0 Å². The summed E-state index contributed by atoms with van der Waals surface area (Å²) in [6.07, 6.45) is 1.89. The molecule has 1 N–H and O–H groups in total. The van der Waals surface area contributed by atoms with Gasteiger partial charge in [0.25, 0.3) is 0 Å². The van der Waals surface area contributed by atoms with Crippen LogP contribution < -0.4 is 0 Å². The molecule has 0 saturated carbocycles. The lowest BCUT2D eigenvalue weighted by Crippen LogP contribution is -1.80. The summed E-state index contributed by atoms with van der Waals surface area (Å²) in [6, 6.07) is 9.85. The SMILES string of the molecule is Clc1ccc2cc3cc[nH]c3nc2c1. The maximum absolute atomic E-state index is 5.89. The van der Waals surface area contributed by atoms with Gasteiger partial charge in [0.05, 0.1) is 5.52 Å². The number of hydrogen-bond acceptors (Lipinski definition) is 1. The third-order valence-corrected chi connectivity index (χ3v) is 2.53. The van der Waals surface area contributed by atoms with E-state index in [1.165, 1.54) is 0 Å². The predicted octanol–water partition coefficient (Wildman–Crippen LogP) is 3.37. The van der Waals surface area contributed by atoms with Crippen molar-refractivity contribution in [1.29, 1.82) is 0 Å². The standard InChI is InChI=1S/C11H7ClN2/c12-9-2-1-7-5-8-3-4-13-11(8)14-10(7)6-9/h1-6H,(H,13,14). The van der Waals surface area contributed by atoms with E-state index in [-0.39, 0.29) is 0 Å². The van der Waals surface area contributed by atoms with Crippen molar-refractivity contribution in [3.05, 3.63) is 41.6 Å². The Morgan fingerprint density at radius 1 is 1.07 bits per heavy atom. The highest BCUT2D eigenvalue weighted by Crippen LogP contribution is 2.21. The average molecular weight is 203 g/mol. The van der Waals surface area contributed by atoms with Gasteiger partial charge in [0.1, 0.15) is 5.65 Å². The lowest BCUT2D eigenvalue weighted by atomic mass is 10.2. The average Bonchev–Trinajstić information content (AvgIpc) is 2.61. The van der Waals surface area contributed by atoms with Crippen LogP contribution >= 0.6 is 11.6 Å². The highest BCUT2D eigenvalue weighted by atomic mass is 35.5. The number of halogens is 1. The summed E-state index contributed by atoms with van der Waals surface area (Å²) < 4.78 is 0. The lowest BCUT2D eigenvalue weighted by Gasteiger charge is -1.97. The molecule has 68 valence electrons. The zero-order chi connectivity index (χ0) is 9.54. The number of benzene rings is 1. The van der Waals surface area contributed by atoms with Gasteiger partial charge in [-0.15, -0.1) is 0 Å². The Labute approximate surface area is 85.5 Å². The molecule has 2 heterocycles. The second kappa shape index (κ2) is 2.72. The molecular weight excluding hydrogens is 196 g/mol. The third kappa shape index (κ3) is 1.08. The first-order valence-corrected chi connectivity index (χ1v) is 4.74. The maximum Gasteiger partial charge on any atom is 0.137 e. The van der Waals surface area contributed by atoms with Crippen LogP contribution in [0.2, 0.25) is 5.02 Å². The number of hydrogen-bond donors (Lipinski definition) is 1. The summed E-state index contributed by atoms with van der Waals surface area (Å²) in [5.74, 6) is 0. The van der Waals surface area contributed by atoms with E-state index in [4.69, 9.17) is 11.6 Å². The molecule has 3 rings (SSSR count). The van der Waals surface area contributed by atoms with Gasteiger partial charge in [-0.05, 0) is 24.3 Å². The fourth-order valence-electron chi connectivity index (χ4n) is 1.61. The van der Waals surface area contributed by atoms with Gasteiger partial charge in [0.2, 0.25) is 0 Å². The molecule has 0 aliphatic carbocycles. The van der Waals surface area contributed by atoms with Crippen molar-refractivity contribution in [3.63, 3.8) is 0 Å². The minimum atomic E-state index is 0.718. The van der Waals surface area contributed by atoms with Gasteiger partial charge in [0, 0.05) is 22.0 Å². The van der Waals surface area contributed by atoms with Gasteiger partial charge >= 0.3 is 0 Å². The molecule has 0 aliphatic rings. The highest BCUT2D eigenvalue weighted by Gasteiger charge is 2.00. The topological polar surface area (TPSA) is 28.7 Å². The minimum Gasteiger partial charge on any atom is -0.346 e. The van der Waals surface area contributed by atoms with Crippen LogP contribution in [0.15, 0.2) is 36.5 Å². The summed E-state index contributed by atoms with van der Waals surface area (Å²) in [7, 11) is 0. The summed E-state index contributed by atoms with van der Waals surface area (Å²) in [6.45, 7) is 0. The molecule has 0 saturated heterocycles. The molecule has 3 aromatic rings. The van der Waals surface area contributed by atoms with E-state index in [1.807, 2.05) is 30.5 Å².